The fourth-order valence-corrected chi connectivity index (χ4v) is 9.49. The standard InChI is InChI=1S/C40H42BrNO8/c1-38(2)29-21-31(48-35(44)23-13-15-26(41)16-14-23)40(4)34(39(29,3)18-17-30(38)49-37(46-5)24-10-7-6-8-11-24)33(43)32-28(50-40)20-27(47-36(32)45)25-12-9-19-42-22-25/h6-16,19-20,22,29-31,33-34,37,43H,17-18,21H2,1-5H3/t29?,30-,31-,33-,34?,37?,39-,40+/m0/s1. The summed E-state index contributed by atoms with van der Waals surface area (Å²) >= 11 is 3.44. The van der Waals surface area contributed by atoms with Gasteiger partial charge in [0.1, 0.15) is 28.8 Å². The maximum absolute atomic E-state index is 13.8. The molecule has 0 radical (unpaired) electrons. The van der Waals surface area contributed by atoms with E-state index < -0.39 is 52.4 Å². The Morgan fingerprint density at radius 2 is 1.76 bits per heavy atom. The van der Waals surface area contributed by atoms with E-state index >= 15 is 0 Å². The van der Waals surface area contributed by atoms with Crippen molar-refractivity contribution in [1.82, 2.24) is 4.98 Å². The third-order valence-electron chi connectivity index (χ3n) is 11.6. The third kappa shape index (κ3) is 5.80. The normalized spacial score (nSPS) is 30.2. The first-order chi connectivity index (χ1) is 23.9. The van der Waals surface area contributed by atoms with Crippen LogP contribution >= 0.6 is 15.9 Å². The Kier molecular flexibility index (Phi) is 9.03. The summed E-state index contributed by atoms with van der Waals surface area (Å²) in [6.07, 6.45) is 2.18. The average Bonchev–Trinajstić information content (AvgIpc) is 3.09. The van der Waals surface area contributed by atoms with Crippen LogP contribution in [0.25, 0.3) is 11.3 Å². The first-order valence-corrected chi connectivity index (χ1v) is 17.8. The molecule has 10 heteroatoms. The minimum Gasteiger partial charge on any atom is -0.482 e. The second-order valence-electron chi connectivity index (χ2n) is 14.8. The van der Waals surface area contributed by atoms with Crippen molar-refractivity contribution < 1.29 is 33.3 Å². The number of carbonyl (C=O) groups is 1. The lowest BCUT2D eigenvalue weighted by molar-refractivity contribution is -0.277. The molecule has 2 aliphatic carbocycles. The van der Waals surface area contributed by atoms with Gasteiger partial charge in [-0.2, -0.15) is 0 Å². The molecule has 3 unspecified atom stereocenters. The number of fused-ring (bicyclic) bond motifs is 4. The molecular formula is C40H42BrNO8. The summed E-state index contributed by atoms with van der Waals surface area (Å²) in [4.78, 5) is 31.7. The van der Waals surface area contributed by atoms with E-state index in [9.17, 15) is 14.7 Å². The number of esters is 1. The Balaban J connectivity index is 1.31. The van der Waals surface area contributed by atoms with Crippen LogP contribution in [0.1, 0.15) is 80.8 Å². The number of nitrogens with zero attached hydrogens (tertiary/aromatic N) is 1. The number of pyridine rings is 1. The predicted octanol–water partition coefficient (Wildman–Crippen LogP) is 8.07. The van der Waals surface area contributed by atoms with Crippen molar-refractivity contribution in [1.29, 1.82) is 0 Å². The molecule has 2 aromatic heterocycles. The van der Waals surface area contributed by atoms with Crippen molar-refractivity contribution in [2.45, 2.75) is 77.2 Å². The first kappa shape index (κ1) is 34.6. The number of aliphatic hydroxyl groups excluding tert-OH is 1. The summed E-state index contributed by atoms with van der Waals surface area (Å²) in [6, 6.07) is 22.0. The van der Waals surface area contributed by atoms with E-state index in [0.717, 1.165) is 10.0 Å². The van der Waals surface area contributed by atoms with Gasteiger partial charge in [0, 0.05) is 47.1 Å². The number of carbonyl (C=O) groups excluding carboxylic acids is 1. The molecule has 3 aliphatic rings. The lowest BCUT2D eigenvalue weighted by atomic mass is 9.43. The topological polar surface area (TPSA) is 117 Å². The molecule has 0 amide bonds. The van der Waals surface area contributed by atoms with Crippen molar-refractivity contribution in [2.75, 3.05) is 7.11 Å². The molecular weight excluding hydrogens is 702 g/mol. The Labute approximate surface area is 300 Å². The summed E-state index contributed by atoms with van der Waals surface area (Å²) < 4.78 is 32.5. The van der Waals surface area contributed by atoms with E-state index in [4.69, 9.17) is 23.4 Å². The van der Waals surface area contributed by atoms with Crippen LogP contribution in [0.3, 0.4) is 0 Å². The molecule has 4 aromatic rings. The zero-order valence-electron chi connectivity index (χ0n) is 28.8. The van der Waals surface area contributed by atoms with Gasteiger partial charge in [0.25, 0.3) is 0 Å². The van der Waals surface area contributed by atoms with Crippen LogP contribution < -0.4 is 10.4 Å². The van der Waals surface area contributed by atoms with Crippen molar-refractivity contribution in [3.63, 3.8) is 0 Å². The highest BCUT2D eigenvalue weighted by Gasteiger charge is 2.69. The van der Waals surface area contributed by atoms with Crippen LogP contribution in [0.5, 0.6) is 5.75 Å². The van der Waals surface area contributed by atoms with E-state index in [2.05, 4.69) is 41.7 Å². The molecule has 1 N–H and O–H groups in total. The highest BCUT2D eigenvalue weighted by Crippen LogP contribution is 2.67. The number of methoxy groups -OCH3 is 1. The van der Waals surface area contributed by atoms with Crippen LogP contribution in [-0.2, 0) is 14.2 Å². The fourth-order valence-electron chi connectivity index (χ4n) is 9.22. The van der Waals surface area contributed by atoms with Crippen LogP contribution in [0.15, 0.2) is 98.9 Å². The second-order valence-corrected chi connectivity index (χ2v) is 15.7. The maximum Gasteiger partial charge on any atom is 0.345 e. The molecule has 50 heavy (non-hydrogen) atoms. The number of aliphatic hydroxyl groups is 1. The lowest BCUT2D eigenvalue weighted by Crippen LogP contribution is -2.70. The van der Waals surface area contributed by atoms with Crippen molar-refractivity contribution in [3.05, 3.63) is 117 Å². The number of hydrogen-bond donors (Lipinski definition) is 1. The van der Waals surface area contributed by atoms with E-state index in [1.807, 2.05) is 37.3 Å². The Morgan fingerprint density at radius 1 is 1.02 bits per heavy atom. The molecule has 2 aromatic carbocycles. The number of rotatable bonds is 7. The molecule has 2 saturated carbocycles. The Morgan fingerprint density at radius 3 is 2.44 bits per heavy atom. The van der Waals surface area contributed by atoms with E-state index in [0.29, 0.717) is 30.4 Å². The largest absolute Gasteiger partial charge is 0.482 e. The van der Waals surface area contributed by atoms with E-state index in [1.165, 1.54) is 0 Å². The van der Waals surface area contributed by atoms with E-state index in [1.54, 1.807) is 62.0 Å². The van der Waals surface area contributed by atoms with Crippen LogP contribution in [-0.4, -0.2) is 41.0 Å². The van der Waals surface area contributed by atoms with Crippen LogP contribution in [0.2, 0.25) is 0 Å². The third-order valence-corrected chi connectivity index (χ3v) is 12.2. The number of halogens is 1. The van der Waals surface area contributed by atoms with Crippen molar-refractivity contribution in [3.8, 4) is 17.1 Å². The molecule has 7 rings (SSSR count). The monoisotopic (exact) mass is 743 g/mol. The zero-order chi connectivity index (χ0) is 35.4. The van der Waals surface area contributed by atoms with Gasteiger partial charge in [0.2, 0.25) is 0 Å². The van der Waals surface area contributed by atoms with E-state index in [-0.39, 0.29) is 29.1 Å². The number of aromatic nitrogens is 1. The SMILES string of the molecule is COC(O[C@H]1CC[C@@]2(C)C(C[C@H](OC(=O)c3ccc(Br)cc3)[C@@]3(C)Oc4cc(-c5cccnc5)oc(=O)c4[C@H](O)C23)C1(C)C)c1ccccc1. The molecule has 262 valence electrons. The molecule has 0 bridgehead atoms. The average molecular weight is 745 g/mol. The highest BCUT2D eigenvalue weighted by atomic mass is 79.9. The fraction of sp³-hybridized carbons (Fsp3) is 0.425. The van der Waals surface area contributed by atoms with Gasteiger partial charge in [0.15, 0.2) is 6.29 Å². The van der Waals surface area contributed by atoms with Gasteiger partial charge in [-0.1, -0.05) is 67.0 Å². The highest BCUT2D eigenvalue weighted by molar-refractivity contribution is 9.10. The number of ether oxygens (including phenoxy) is 4. The summed E-state index contributed by atoms with van der Waals surface area (Å²) in [5.41, 5.74) is -0.930. The number of hydrogen-bond acceptors (Lipinski definition) is 9. The minimum absolute atomic E-state index is 0.0691. The van der Waals surface area contributed by atoms with Crippen molar-refractivity contribution in [2.24, 2.45) is 22.7 Å². The molecule has 2 fully saturated rings. The molecule has 0 saturated heterocycles. The summed E-state index contributed by atoms with van der Waals surface area (Å²) in [5, 5.41) is 12.4. The first-order valence-electron chi connectivity index (χ1n) is 17.0. The van der Waals surface area contributed by atoms with Gasteiger partial charge < -0.3 is 28.5 Å². The predicted molar refractivity (Wildman–Crippen MR) is 189 cm³/mol. The molecule has 3 heterocycles. The van der Waals surface area contributed by atoms with Gasteiger partial charge in [-0.15, -0.1) is 0 Å². The molecule has 0 spiro atoms. The summed E-state index contributed by atoms with van der Waals surface area (Å²) in [6.45, 7) is 8.41. The van der Waals surface area contributed by atoms with Gasteiger partial charge in [0.05, 0.1) is 17.8 Å². The van der Waals surface area contributed by atoms with Crippen molar-refractivity contribution >= 4 is 21.9 Å². The Hall–Kier alpha value is -3.83. The smallest absolute Gasteiger partial charge is 0.345 e. The zero-order valence-corrected chi connectivity index (χ0v) is 30.4. The molecule has 1 aliphatic heterocycles. The molecule has 8 atom stereocenters. The number of benzene rings is 2. The lowest BCUT2D eigenvalue weighted by Gasteiger charge is -2.66. The Bertz CT molecular complexity index is 1920. The van der Waals surface area contributed by atoms with Gasteiger partial charge >= 0.3 is 11.6 Å². The summed E-state index contributed by atoms with van der Waals surface area (Å²) in [7, 11) is 1.64. The second kappa shape index (κ2) is 13.1. The minimum atomic E-state index is -1.26. The molecule has 9 nitrogen and oxygen atoms in total. The van der Waals surface area contributed by atoms with Gasteiger partial charge in [-0.05, 0) is 79.3 Å². The van der Waals surface area contributed by atoms with Gasteiger partial charge in [-0.25, -0.2) is 9.59 Å². The summed E-state index contributed by atoms with van der Waals surface area (Å²) in [5.74, 6) is -0.777. The van der Waals surface area contributed by atoms with Crippen LogP contribution in [0.4, 0.5) is 0 Å². The van der Waals surface area contributed by atoms with Gasteiger partial charge in [-0.3, -0.25) is 4.98 Å². The maximum atomic E-state index is 13.8. The quantitative estimate of drug-likeness (QED) is 0.148. The van der Waals surface area contributed by atoms with Crippen LogP contribution in [0, 0.1) is 22.7 Å².